The second-order valence-electron chi connectivity index (χ2n) is 6.97. The predicted octanol–water partition coefficient (Wildman–Crippen LogP) is 2.33. The van der Waals surface area contributed by atoms with Crippen LogP contribution in [0.3, 0.4) is 0 Å². The van der Waals surface area contributed by atoms with Crippen LogP contribution < -0.4 is 16.0 Å². The van der Waals surface area contributed by atoms with E-state index in [2.05, 4.69) is 24.1 Å². The molecule has 3 amide bonds. The summed E-state index contributed by atoms with van der Waals surface area (Å²) in [4.78, 5) is 27.9. The SMILES string of the molecule is CC1CCC(C)N1C(C)C(=O)Nc1ccc2c(c1)CCN2C(N)=O. The van der Waals surface area contributed by atoms with E-state index < -0.39 is 6.03 Å². The molecule has 0 aromatic heterocycles. The third-order valence-corrected chi connectivity index (χ3v) is 5.36. The van der Waals surface area contributed by atoms with Gasteiger partial charge in [0.15, 0.2) is 0 Å². The Labute approximate surface area is 143 Å². The van der Waals surface area contributed by atoms with Crippen molar-refractivity contribution in [2.45, 2.75) is 58.2 Å². The molecular formula is C18H26N4O2. The molecule has 6 nitrogen and oxygen atoms in total. The number of benzene rings is 1. The number of carbonyl (C=O) groups is 2. The number of hydrogen-bond donors (Lipinski definition) is 2. The number of urea groups is 1. The topological polar surface area (TPSA) is 78.7 Å². The molecule has 3 rings (SSSR count). The van der Waals surface area contributed by atoms with Gasteiger partial charge in [-0.1, -0.05) is 0 Å². The van der Waals surface area contributed by atoms with Gasteiger partial charge in [0.1, 0.15) is 0 Å². The lowest BCUT2D eigenvalue weighted by molar-refractivity contribution is -0.121. The lowest BCUT2D eigenvalue weighted by Crippen LogP contribution is -2.46. The van der Waals surface area contributed by atoms with E-state index in [9.17, 15) is 9.59 Å². The standard InChI is InChI=1S/C18H26N4O2/c1-11-4-5-12(2)22(11)13(3)17(23)20-15-6-7-16-14(10-15)8-9-21(16)18(19)24/h6-7,10-13H,4-5,8-9H2,1-3H3,(H2,19,24)(H,20,23). The van der Waals surface area contributed by atoms with Crippen LogP contribution >= 0.6 is 0 Å². The summed E-state index contributed by atoms with van der Waals surface area (Å²) in [5.74, 6) is 0.0142. The normalized spacial score (nSPS) is 24.7. The largest absolute Gasteiger partial charge is 0.351 e. The van der Waals surface area contributed by atoms with Crippen LogP contribution in [0.15, 0.2) is 18.2 Å². The third kappa shape index (κ3) is 2.98. The zero-order valence-electron chi connectivity index (χ0n) is 14.6. The quantitative estimate of drug-likeness (QED) is 0.893. The van der Waals surface area contributed by atoms with E-state index in [0.29, 0.717) is 18.6 Å². The first-order valence-electron chi connectivity index (χ1n) is 8.66. The molecule has 2 aliphatic heterocycles. The van der Waals surface area contributed by atoms with Gasteiger partial charge in [0, 0.05) is 30.0 Å². The van der Waals surface area contributed by atoms with Gasteiger partial charge in [0.05, 0.1) is 6.04 Å². The zero-order valence-corrected chi connectivity index (χ0v) is 14.6. The molecule has 0 aliphatic carbocycles. The number of nitrogens with two attached hydrogens (primary N) is 1. The van der Waals surface area contributed by atoms with Gasteiger partial charge in [-0.3, -0.25) is 14.6 Å². The summed E-state index contributed by atoms with van der Waals surface area (Å²) in [6.07, 6.45) is 3.04. The molecule has 2 aliphatic rings. The Morgan fingerprint density at radius 2 is 1.92 bits per heavy atom. The predicted molar refractivity (Wildman–Crippen MR) is 95.2 cm³/mol. The van der Waals surface area contributed by atoms with E-state index in [-0.39, 0.29) is 11.9 Å². The number of carbonyl (C=O) groups excluding carboxylic acids is 2. The fourth-order valence-electron chi connectivity index (χ4n) is 4.07. The molecule has 3 N–H and O–H groups in total. The fourth-order valence-corrected chi connectivity index (χ4v) is 4.07. The third-order valence-electron chi connectivity index (χ3n) is 5.36. The highest BCUT2D eigenvalue weighted by molar-refractivity contribution is 5.96. The number of rotatable bonds is 3. The minimum atomic E-state index is -0.434. The molecule has 24 heavy (non-hydrogen) atoms. The van der Waals surface area contributed by atoms with Crippen LogP contribution in [0.5, 0.6) is 0 Å². The minimum Gasteiger partial charge on any atom is -0.351 e. The van der Waals surface area contributed by atoms with Crippen molar-refractivity contribution in [1.82, 2.24) is 4.90 Å². The number of nitrogens with one attached hydrogen (secondary N) is 1. The number of nitrogens with zero attached hydrogens (tertiary/aromatic N) is 2. The average Bonchev–Trinajstić information content (AvgIpc) is 3.09. The maximum Gasteiger partial charge on any atom is 0.319 e. The van der Waals surface area contributed by atoms with E-state index in [4.69, 9.17) is 5.73 Å². The molecule has 0 bridgehead atoms. The Morgan fingerprint density at radius 3 is 2.54 bits per heavy atom. The monoisotopic (exact) mass is 330 g/mol. The first kappa shape index (κ1) is 16.8. The summed E-state index contributed by atoms with van der Waals surface area (Å²) in [5, 5.41) is 3.02. The molecule has 0 saturated carbocycles. The van der Waals surface area contributed by atoms with Gasteiger partial charge in [0.25, 0.3) is 0 Å². The van der Waals surface area contributed by atoms with Crippen molar-refractivity contribution in [2.75, 3.05) is 16.8 Å². The van der Waals surface area contributed by atoms with Gasteiger partial charge in [-0.15, -0.1) is 0 Å². The summed E-state index contributed by atoms with van der Waals surface area (Å²) >= 11 is 0. The maximum absolute atomic E-state index is 12.6. The van der Waals surface area contributed by atoms with Crippen molar-refractivity contribution < 1.29 is 9.59 Å². The summed E-state index contributed by atoms with van der Waals surface area (Å²) in [5.41, 5.74) is 8.04. The maximum atomic E-state index is 12.6. The summed E-state index contributed by atoms with van der Waals surface area (Å²) in [6.45, 7) is 6.93. The van der Waals surface area contributed by atoms with E-state index in [1.54, 1.807) is 4.90 Å². The van der Waals surface area contributed by atoms with Crippen molar-refractivity contribution >= 4 is 23.3 Å². The lowest BCUT2D eigenvalue weighted by atomic mass is 10.1. The Hall–Kier alpha value is -2.08. The van der Waals surface area contributed by atoms with Crippen molar-refractivity contribution in [3.8, 4) is 0 Å². The van der Waals surface area contributed by atoms with Crippen LogP contribution in [0.4, 0.5) is 16.2 Å². The second-order valence-corrected chi connectivity index (χ2v) is 6.97. The number of amides is 3. The van der Waals surface area contributed by atoms with Crippen molar-refractivity contribution in [3.05, 3.63) is 23.8 Å². The van der Waals surface area contributed by atoms with Crippen LogP contribution in [0.1, 0.15) is 39.2 Å². The van der Waals surface area contributed by atoms with Crippen LogP contribution in [0.2, 0.25) is 0 Å². The summed E-state index contributed by atoms with van der Waals surface area (Å²) < 4.78 is 0. The molecular weight excluding hydrogens is 304 g/mol. The smallest absolute Gasteiger partial charge is 0.319 e. The van der Waals surface area contributed by atoms with Gasteiger partial charge >= 0.3 is 6.03 Å². The Kier molecular flexibility index (Phi) is 4.49. The molecule has 6 heteroatoms. The highest BCUT2D eigenvalue weighted by Crippen LogP contribution is 2.31. The van der Waals surface area contributed by atoms with Gasteiger partial charge < -0.3 is 11.1 Å². The van der Waals surface area contributed by atoms with Crippen LogP contribution in [0, 0.1) is 0 Å². The molecule has 3 atom stereocenters. The average molecular weight is 330 g/mol. The molecule has 1 aromatic carbocycles. The number of primary amides is 1. The van der Waals surface area contributed by atoms with E-state index >= 15 is 0 Å². The molecule has 0 radical (unpaired) electrons. The van der Waals surface area contributed by atoms with Crippen molar-refractivity contribution in [2.24, 2.45) is 5.73 Å². The van der Waals surface area contributed by atoms with E-state index in [1.807, 2.05) is 25.1 Å². The number of hydrogen-bond acceptors (Lipinski definition) is 3. The molecule has 1 aromatic rings. The highest BCUT2D eigenvalue weighted by atomic mass is 16.2. The van der Waals surface area contributed by atoms with Gasteiger partial charge in [-0.25, -0.2) is 4.79 Å². The summed E-state index contributed by atoms with van der Waals surface area (Å²) in [6, 6.07) is 5.91. The van der Waals surface area contributed by atoms with Crippen molar-refractivity contribution in [3.63, 3.8) is 0 Å². The van der Waals surface area contributed by atoms with Crippen molar-refractivity contribution in [1.29, 1.82) is 0 Å². The lowest BCUT2D eigenvalue weighted by Gasteiger charge is -2.31. The summed E-state index contributed by atoms with van der Waals surface area (Å²) in [7, 11) is 0. The first-order chi connectivity index (χ1) is 11.4. The number of fused-ring (bicyclic) bond motifs is 1. The molecule has 3 unspecified atom stereocenters. The number of likely N-dealkylation sites (tertiary alicyclic amines) is 1. The molecule has 130 valence electrons. The minimum absolute atomic E-state index is 0.0142. The van der Waals surface area contributed by atoms with Gasteiger partial charge in [-0.2, -0.15) is 0 Å². The van der Waals surface area contributed by atoms with E-state index in [0.717, 1.165) is 36.2 Å². The Balaban J connectivity index is 1.70. The Morgan fingerprint density at radius 1 is 1.25 bits per heavy atom. The van der Waals surface area contributed by atoms with Gasteiger partial charge in [0.2, 0.25) is 5.91 Å². The van der Waals surface area contributed by atoms with Gasteiger partial charge in [-0.05, 0) is 63.8 Å². The Bertz CT molecular complexity index is 650. The van der Waals surface area contributed by atoms with E-state index in [1.165, 1.54) is 0 Å². The number of anilines is 2. The first-order valence-corrected chi connectivity index (χ1v) is 8.66. The molecule has 1 fully saturated rings. The fraction of sp³-hybridized carbons (Fsp3) is 0.556. The second kappa shape index (κ2) is 6.43. The highest BCUT2D eigenvalue weighted by Gasteiger charge is 2.34. The van der Waals surface area contributed by atoms with Crippen LogP contribution in [-0.2, 0) is 11.2 Å². The molecule has 2 heterocycles. The molecule has 1 saturated heterocycles. The molecule has 0 spiro atoms. The van der Waals surface area contributed by atoms with Crippen LogP contribution in [-0.4, -0.2) is 41.5 Å². The van der Waals surface area contributed by atoms with Crippen LogP contribution in [0.25, 0.3) is 0 Å². The zero-order chi connectivity index (χ0) is 17.4.